The van der Waals surface area contributed by atoms with Gasteiger partial charge in [0.15, 0.2) is 6.29 Å². The van der Waals surface area contributed by atoms with Crippen LogP contribution in [0.5, 0.6) is 0 Å². The van der Waals surface area contributed by atoms with Crippen LogP contribution in [0.3, 0.4) is 0 Å². The van der Waals surface area contributed by atoms with Crippen molar-refractivity contribution in [2.75, 3.05) is 18.5 Å². The summed E-state index contributed by atoms with van der Waals surface area (Å²) in [6, 6.07) is 7.19. The highest BCUT2D eigenvalue weighted by atomic mass is 16.8. The summed E-state index contributed by atoms with van der Waals surface area (Å²) in [5, 5.41) is 43.1. The number of carbonyl (C=O) groups is 2. The Morgan fingerprint density at radius 1 is 1.16 bits per heavy atom. The monoisotopic (exact) mass is 514 g/mol. The number of hydrogen-bond donors (Lipinski definition) is 5. The average Bonchev–Trinajstić information content (AvgIpc) is 3.43. The molecular formula is C26H30N2O9. The Morgan fingerprint density at radius 3 is 2.70 bits per heavy atom. The molecule has 3 saturated heterocycles. The zero-order chi connectivity index (χ0) is 26.1. The van der Waals surface area contributed by atoms with Crippen LogP contribution in [0.4, 0.5) is 5.69 Å². The Kier molecular flexibility index (Phi) is 5.90. The number of fused-ring (bicyclic) bond motifs is 5. The van der Waals surface area contributed by atoms with Crippen molar-refractivity contribution in [3.05, 3.63) is 54.3 Å². The lowest BCUT2D eigenvalue weighted by Gasteiger charge is -2.47. The van der Waals surface area contributed by atoms with E-state index in [9.17, 15) is 30.0 Å². The van der Waals surface area contributed by atoms with E-state index in [-0.39, 0.29) is 23.8 Å². The van der Waals surface area contributed by atoms with Gasteiger partial charge in [0.05, 0.1) is 29.9 Å². The van der Waals surface area contributed by atoms with Gasteiger partial charge >= 0.3 is 0 Å². The number of carbonyl (C=O) groups excluding carboxylic acids is 2. The van der Waals surface area contributed by atoms with Crippen molar-refractivity contribution in [3.8, 4) is 0 Å². The molecule has 5 heterocycles. The van der Waals surface area contributed by atoms with Crippen molar-refractivity contribution in [1.82, 2.24) is 4.90 Å². The Bertz CT molecular complexity index is 1150. The number of benzene rings is 1. The third-order valence-electron chi connectivity index (χ3n) is 8.63. The van der Waals surface area contributed by atoms with Gasteiger partial charge in [0.1, 0.15) is 24.4 Å². The third kappa shape index (κ3) is 3.42. The quantitative estimate of drug-likeness (QED) is 0.330. The van der Waals surface area contributed by atoms with Crippen LogP contribution in [0.25, 0.3) is 0 Å². The lowest BCUT2D eigenvalue weighted by molar-refractivity contribution is -0.339. The van der Waals surface area contributed by atoms with Crippen molar-refractivity contribution in [1.29, 1.82) is 0 Å². The van der Waals surface area contributed by atoms with Crippen LogP contribution in [-0.2, 0) is 29.2 Å². The van der Waals surface area contributed by atoms with Gasteiger partial charge in [-0.15, -0.1) is 6.58 Å². The molecule has 5 N–H and O–H groups in total. The van der Waals surface area contributed by atoms with Crippen LogP contribution in [-0.4, -0.2) is 93.3 Å². The van der Waals surface area contributed by atoms with Crippen molar-refractivity contribution < 1.29 is 44.2 Å². The van der Waals surface area contributed by atoms with Crippen molar-refractivity contribution in [2.24, 2.45) is 11.8 Å². The molecule has 1 aromatic carbocycles. The van der Waals surface area contributed by atoms with E-state index in [1.807, 2.05) is 24.3 Å². The lowest BCUT2D eigenvalue weighted by Crippen LogP contribution is -2.60. The molecule has 6 rings (SSSR count). The molecule has 0 aromatic heterocycles. The van der Waals surface area contributed by atoms with Crippen LogP contribution in [0.2, 0.25) is 0 Å². The van der Waals surface area contributed by atoms with E-state index in [0.29, 0.717) is 25.0 Å². The first-order valence-electron chi connectivity index (χ1n) is 12.5. The number of aliphatic hydroxyl groups excluding tert-OH is 4. The molecule has 0 saturated carbocycles. The fourth-order valence-electron chi connectivity index (χ4n) is 6.70. The number of nitrogens with one attached hydrogen (secondary N) is 1. The van der Waals surface area contributed by atoms with Crippen LogP contribution in [0, 0.1) is 11.8 Å². The van der Waals surface area contributed by atoms with E-state index in [0.717, 1.165) is 11.3 Å². The van der Waals surface area contributed by atoms with E-state index in [1.165, 1.54) is 6.26 Å². The van der Waals surface area contributed by atoms with Gasteiger partial charge in [-0.2, -0.15) is 0 Å². The van der Waals surface area contributed by atoms with Gasteiger partial charge in [0.25, 0.3) is 5.91 Å². The molecule has 198 valence electrons. The van der Waals surface area contributed by atoms with E-state index in [2.05, 4.69) is 11.9 Å². The minimum Gasteiger partial charge on any atom is -0.471 e. The Morgan fingerprint density at radius 2 is 1.95 bits per heavy atom. The molecule has 3 fully saturated rings. The second-order valence-corrected chi connectivity index (χ2v) is 10.3. The minimum atomic E-state index is -1.60. The summed E-state index contributed by atoms with van der Waals surface area (Å²) in [4.78, 5) is 28.7. The summed E-state index contributed by atoms with van der Waals surface area (Å²) < 4.78 is 17.1. The molecule has 1 aromatic rings. The lowest BCUT2D eigenvalue weighted by atomic mass is 9.67. The van der Waals surface area contributed by atoms with Gasteiger partial charge in [-0.25, -0.2) is 0 Å². The molecule has 10 atom stereocenters. The van der Waals surface area contributed by atoms with Crippen molar-refractivity contribution >= 4 is 17.5 Å². The zero-order valence-corrected chi connectivity index (χ0v) is 20.0. The zero-order valence-electron chi connectivity index (χ0n) is 20.0. The molecule has 0 aliphatic carbocycles. The first kappa shape index (κ1) is 24.5. The maximum absolute atomic E-state index is 13.6. The molecule has 11 nitrogen and oxygen atoms in total. The maximum atomic E-state index is 13.6. The first-order valence-corrected chi connectivity index (χ1v) is 12.5. The summed E-state index contributed by atoms with van der Waals surface area (Å²) >= 11 is 0. The molecule has 0 radical (unpaired) electrons. The average molecular weight is 515 g/mol. The normalized spacial score (nSPS) is 42.4. The summed E-state index contributed by atoms with van der Waals surface area (Å²) in [6.07, 6.45) is -4.35. The van der Waals surface area contributed by atoms with Crippen LogP contribution < -0.4 is 5.32 Å². The molecule has 2 amide bonds. The third-order valence-corrected chi connectivity index (χ3v) is 8.63. The van der Waals surface area contributed by atoms with E-state index in [4.69, 9.17) is 14.2 Å². The first-order chi connectivity index (χ1) is 17.8. The van der Waals surface area contributed by atoms with Gasteiger partial charge < -0.3 is 44.9 Å². The molecule has 1 spiro atoms. The van der Waals surface area contributed by atoms with Crippen LogP contribution in [0.15, 0.2) is 48.8 Å². The van der Waals surface area contributed by atoms with Gasteiger partial charge in [-0.05, 0) is 24.5 Å². The Labute approximate surface area is 212 Å². The highest BCUT2D eigenvalue weighted by Gasteiger charge is 2.62. The number of piperidine rings is 1. The SMILES string of the molecule is C=C[C@@H]1[C@H](O[C@H]2O[C@H](CO)[C@@H](O)[C@@H](O)[C@@H]2O)OC=C2C(=O)N3CC[C@]4(C(=O)Nc5ccccc54)[C@H]3C[C@H]21. The predicted octanol–water partition coefficient (Wildman–Crippen LogP) is -0.644. The number of hydrogen-bond acceptors (Lipinski definition) is 9. The number of rotatable bonds is 4. The predicted molar refractivity (Wildman–Crippen MR) is 126 cm³/mol. The second-order valence-electron chi connectivity index (χ2n) is 10.3. The van der Waals surface area contributed by atoms with Gasteiger partial charge in [0.2, 0.25) is 12.2 Å². The molecule has 11 heteroatoms. The Hall–Kier alpha value is -2.80. The molecular weight excluding hydrogens is 484 g/mol. The number of anilines is 1. The second kappa shape index (κ2) is 8.90. The summed E-state index contributed by atoms with van der Waals surface area (Å²) in [5.74, 6) is -1.24. The van der Waals surface area contributed by atoms with E-state index < -0.39 is 54.9 Å². The summed E-state index contributed by atoms with van der Waals surface area (Å²) in [7, 11) is 0. The minimum absolute atomic E-state index is 0.113. The summed E-state index contributed by atoms with van der Waals surface area (Å²) in [5.41, 5.74) is 1.26. The topological polar surface area (TPSA) is 158 Å². The molecule has 5 aliphatic heterocycles. The number of nitrogens with zero attached hydrogens (tertiary/aromatic N) is 1. The van der Waals surface area contributed by atoms with Crippen molar-refractivity contribution in [2.45, 2.75) is 61.3 Å². The standard InChI is InChI=1S/C26H30N2O9/c1-2-12-13-9-18-26(15-5-3-4-6-16(15)27-25(26)34)7-8-28(18)22(33)14(13)11-35-23(12)37-24-21(32)20(31)19(30)17(10-29)36-24/h2-6,11-13,17-21,23-24,29-32H,1,7-10H2,(H,27,34)/t12-,13-,17+,18+,19+,20+,21-,23-,24+,26+/m0/s1. The largest absolute Gasteiger partial charge is 0.471 e. The van der Waals surface area contributed by atoms with Gasteiger partial charge in [-0.3, -0.25) is 9.59 Å². The molecule has 37 heavy (non-hydrogen) atoms. The number of aliphatic hydroxyl groups is 4. The van der Waals surface area contributed by atoms with Gasteiger partial charge in [-0.1, -0.05) is 24.3 Å². The summed E-state index contributed by atoms with van der Waals surface area (Å²) in [6.45, 7) is 3.77. The number of ether oxygens (including phenoxy) is 3. The van der Waals surface area contributed by atoms with Crippen LogP contribution >= 0.6 is 0 Å². The maximum Gasteiger partial charge on any atom is 0.253 e. The highest BCUT2D eigenvalue weighted by Crippen LogP contribution is 2.54. The molecule has 0 bridgehead atoms. The molecule has 5 aliphatic rings. The smallest absolute Gasteiger partial charge is 0.253 e. The highest BCUT2D eigenvalue weighted by molar-refractivity contribution is 6.08. The fourth-order valence-corrected chi connectivity index (χ4v) is 6.70. The van der Waals surface area contributed by atoms with Crippen molar-refractivity contribution in [3.63, 3.8) is 0 Å². The van der Waals surface area contributed by atoms with E-state index in [1.54, 1.807) is 11.0 Å². The number of amides is 2. The number of para-hydroxylation sites is 1. The molecule has 0 unspecified atom stereocenters. The van der Waals surface area contributed by atoms with Crippen LogP contribution in [0.1, 0.15) is 18.4 Å². The fraction of sp³-hybridized carbons (Fsp3) is 0.538. The van der Waals surface area contributed by atoms with E-state index >= 15 is 0 Å². The Balaban J connectivity index is 1.29. The van der Waals surface area contributed by atoms with Gasteiger partial charge in [0, 0.05) is 24.1 Å².